The van der Waals surface area contributed by atoms with Crippen LogP contribution in [0.1, 0.15) is 17.0 Å². The third kappa shape index (κ3) is 10.1. The fraction of sp³-hybridized carbons (Fsp3) is 0.300. The lowest BCUT2D eigenvalue weighted by Gasteiger charge is -1.98. The number of aryl methyl sites for hydroxylation is 2. The average Bonchev–Trinajstić information content (AvgIpc) is 2.18. The Labute approximate surface area is 93.2 Å². The Morgan fingerprint density at radius 2 is 1.44 bits per heavy atom. The van der Waals surface area contributed by atoms with E-state index in [2.05, 4.69) is 4.98 Å². The van der Waals surface area contributed by atoms with Gasteiger partial charge in [0.25, 0.3) is 12.9 Å². The number of carbonyl (C=O) groups is 2. The van der Waals surface area contributed by atoms with E-state index in [-0.39, 0.29) is 19.6 Å². The minimum absolute atomic E-state index is 0.101. The molecular formula is C10H15NO5. The molecule has 0 saturated heterocycles. The van der Waals surface area contributed by atoms with E-state index in [1.54, 1.807) is 0 Å². The van der Waals surface area contributed by atoms with Crippen molar-refractivity contribution < 1.29 is 24.9 Å². The van der Waals surface area contributed by atoms with E-state index in [1.807, 2.05) is 26.0 Å². The average molecular weight is 229 g/mol. The highest BCUT2D eigenvalue weighted by atomic mass is 16.3. The van der Waals surface area contributed by atoms with Gasteiger partial charge in [-0.1, -0.05) is 0 Å². The third-order valence-electron chi connectivity index (χ3n) is 1.32. The van der Waals surface area contributed by atoms with Crippen molar-refractivity contribution in [1.29, 1.82) is 0 Å². The molecule has 0 aliphatic rings. The molecule has 0 bridgehead atoms. The molecule has 0 fully saturated rings. The van der Waals surface area contributed by atoms with Crippen molar-refractivity contribution in [3.8, 4) is 0 Å². The molecule has 1 aromatic heterocycles. The second-order valence-corrected chi connectivity index (χ2v) is 2.63. The molecule has 0 aromatic carbocycles. The van der Waals surface area contributed by atoms with Gasteiger partial charge >= 0.3 is 0 Å². The molecule has 0 radical (unpaired) electrons. The number of aliphatic hydroxyl groups is 1. The molecule has 0 aliphatic carbocycles. The topological polar surface area (TPSA) is 108 Å². The molecule has 6 nitrogen and oxygen atoms in total. The largest absolute Gasteiger partial charge is 0.483 e. The zero-order valence-corrected chi connectivity index (χ0v) is 9.12. The summed E-state index contributed by atoms with van der Waals surface area (Å²) in [6, 6.07) is 3.76. The quantitative estimate of drug-likeness (QED) is 0.608. The Kier molecular flexibility index (Phi) is 11.5. The summed E-state index contributed by atoms with van der Waals surface area (Å²) in [7, 11) is 0. The molecule has 0 aliphatic heterocycles. The van der Waals surface area contributed by atoms with Gasteiger partial charge in [0.15, 0.2) is 0 Å². The monoisotopic (exact) mass is 229 g/mol. The number of hydrogen-bond acceptors (Lipinski definition) is 4. The molecule has 3 N–H and O–H groups in total. The Morgan fingerprint density at radius 1 is 1.12 bits per heavy atom. The SMILES string of the molecule is Cc1cc(CO)cc(C)n1.O=CO.O=CO. The summed E-state index contributed by atoms with van der Waals surface area (Å²) in [6.45, 7) is 3.45. The molecule has 16 heavy (non-hydrogen) atoms. The maximum Gasteiger partial charge on any atom is 0.290 e. The number of rotatable bonds is 1. The number of nitrogens with zero attached hydrogens (tertiary/aromatic N) is 1. The molecular weight excluding hydrogens is 214 g/mol. The highest BCUT2D eigenvalue weighted by Gasteiger charge is 1.93. The van der Waals surface area contributed by atoms with E-state index in [1.165, 1.54) is 0 Å². The second-order valence-electron chi connectivity index (χ2n) is 2.63. The summed E-state index contributed by atoms with van der Waals surface area (Å²) in [6.07, 6.45) is 0. The lowest BCUT2D eigenvalue weighted by molar-refractivity contribution is -0.123. The predicted octanol–water partition coefficient (Wildman–Crippen LogP) is 0.592. The number of pyridine rings is 1. The third-order valence-corrected chi connectivity index (χ3v) is 1.32. The zero-order valence-electron chi connectivity index (χ0n) is 9.12. The maximum atomic E-state index is 8.76. The first kappa shape index (κ1) is 16.5. The molecule has 1 rings (SSSR count). The highest BCUT2D eigenvalue weighted by Crippen LogP contribution is 2.03. The molecule has 0 atom stereocenters. The lowest BCUT2D eigenvalue weighted by atomic mass is 10.2. The van der Waals surface area contributed by atoms with Gasteiger partial charge in [-0.15, -0.1) is 0 Å². The Morgan fingerprint density at radius 3 is 1.69 bits per heavy atom. The normalized spacial score (nSPS) is 7.69. The first-order valence-corrected chi connectivity index (χ1v) is 4.26. The minimum atomic E-state index is -0.250. The van der Waals surface area contributed by atoms with Crippen LogP contribution in [0.3, 0.4) is 0 Å². The molecule has 0 unspecified atom stereocenters. The maximum absolute atomic E-state index is 8.76. The van der Waals surface area contributed by atoms with Gasteiger partial charge in [0.2, 0.25) is 0 Å². The summed E-state index contributed by atoms with van der Waals surface area (Å²) in [5.74, 6) is 0. The van der Waals surface area contributed by atoms with E-state index in [0.29, 0.717) is 0 Å². The van der Waals surface area contributed by atoms with Crippen molar-refractivity contribution in [3.05, 3.63) is 29.1 Å². The molecule has 0 spiro atoms. The smallest absolute Gasteiger partial charge is 0.290 e. The van der Waals surface area contributed by atoms with Gasteiger partial charge in [0, 0.05) is 11.4 Å². The summed E-state index contributed by atoms with van der Waals surface area (Å²) in [5, 5.41) is 22.5. The van der Waals surface area contributed by atoms with Crippen LogP contribution in [0.15, 0.2) is 12.1 Å². The van der Waals surface area contributed by atoms with Crippen molar-refractivity contribution >= 4 is 12.9 Å². The summed E-state index contributed by atoms with van der Waals surface area (Å²) < 4.78 is 0. The highest BCUT2D eigenvalue weighted by molar-refractivity contribution is 5.33. The Balaban J connectivity index is 0. The molecule has 90 valence electrons. The standard InChI is InChI=1S/C8H11NO.2CH2O2/c1-6-3-8(5-10)4-7(2)9-6;2*2-1-3/h3-4,10H,5H2,1-2H3;2*1H,(H,2,3). The number of hydrogen-bond donors (Lipinski definition) is 3. The summed E-state index contributed by atoms with van der Waals surface area (Å²) in [4.78, 5) is 20.9. The van der Waals surface area contributed by atoms with E-state index < -0.39 is 0 Å². The Bertz CT molecular complexity index is 288. The van der Waals surface area contributed by atoms with Crippen molar-refractivity contribution in [3.63, 3.8) is 0 Å². The first-order valence-electron chi connectivity index (χ1n) is 4.26. The van der Waals surface area contributed by atoms with Crippen LogP contribution in [0.4, 0.5) is 0 Å². The predicted molar refractivity (Wildman–Crippen MR) is 57.0 cm³/mol. The van der Waals surface area contributed by atoms with Gasteiger partial charge in [-0.3, -0.25) is 14.6 Å². The van der Waals surface area contributed by atoms with Crippen LogP contribution in [0.25, 0.3) is 0 Å². The number of aliphatic hydroxyl groups excluding tert-OH is 1. The van der Waals surface area contributed by atoms with Crippen molar-refractivity contribution in [2.24, 2.45) is 0 Å². The van der Waals surface area contributed by atoms with Crippen LogP contribution >= 0.6 is 0 Å². The molecule has 6 heteroatoms. The second kappa shape index (κ2) is 11.1. The van der Waals surface area contributed by atoms with Crippen molar-refractivity contribution in [2.45, 2.75) is 20.5 Å². The van der Waals surface area contributed by atoms with Gasteiger partial charge in [0.05, 0.1) is 6.61 Å². The summed E-state index contributed by atoms with van der Waals surface area (Å²) >= 11 is 0. The number of carboxylic acid groups (broad SMARTS) is 2. The minimum Gasteiger partial charge on any atom is -0.483 e. The van der Waals surface area contributed by atoms with E-state index >= 15 is 0 Å². The fourth-order valence-corrected chi connectivity index (χ4v) is 1.01. The molecule has 1 aromatic rings. The van der Waals surface area contributed by atoms with Crippen LogP contribution in [-0.4, -0.2) is 33.2 Å². The van der Waals surface area contributed by atoms with E-state index in [0.717, 1.165) is 17.0 Å². The van der Waals surface area contributed by atoms with Gasteiger partial charge < -0.3 is 15.3 Å². The van der Waals surface area contributed by atoms with Crippen molar-refractivity contribution in [1.82, 2.24) is 4.98 Å². The van der Waals surface area contributed by atoms with Gasteiger partial charge in [0.1, 0.15) is 0 Å². The Hall–Kier alpha value is -1.95. The van der Waals surface area contributed by atoms with Crippen LogP contribution in [0, 0.1) is 13.8 Å². The van der Waals surface area contributed by atoms with Gasteiger partial charge in [-0.25, -0.2) is 0 Å². The van der Waals surface area contributed by atoms with Crippen molar-refractivity contribution in [2.75, 3.05) is 0 Å². The molecule has 1 heterocycles. The fourth-order valence-electron chi connectivity index (χ4n) is 1.01. The molecule has 0 amide bonds. The summed E-state index contributed by atoms with van der Waals surface area (Å²) in [5.41, 5.74) is 2.86. The zero-order chi connectivity index (χ0) is 13.0. The first-order chi connectivity index (χ1) is 7.55. The molecule has 0 saturated carbocycles. The van der Waals surface area contributed by atoms with E-state index in [9.17, 15) is 0 Å². The van der Waals surface area contributed by atoms with Gasteiger partial charge in [-0.05, 0) is 31.5 Å². The van der Waals surface area contributed by atoms with Crippen LogP contribution in [0.5, 0.6) is 0 Å². The van der Waals surface area contributed by atoms with E-state index in [4.69, 9.17) is 24.9 Å². The van der Waals surface area contributed by atoms with Gasteiger partial charge in [-0.2, -0.15) is 0 Å². The lowest BCUT2D eigenvalue weighted by Crippen LogP contribution is -1.90. The number of aromatic nitrogens is 1. The van der Waals surface area contributed by atoms with Crippen LogP contribution in [0.2, 0.25) is 0 Å². The van der Waals surface area contributed by atoms with Crippen LogP contribution in [-0.2, 0) is 16.2 Å². The van der Waals surface area contributed by atoms with Crippen LogP contribution < -0.4 is 0 Å².